The number of rotatable bonds is 8. The van der Waals surface area contributed by atoms with E-state index >= 15 is 0 Å². The Balaban J connectivity index is 1.86. The van der Waals surface area contributed by atoms with Crippen LogP contribution in [0, 0.1) is 10.1 Å². The molecule has 0 aliphatic heterocycles. The molecular weight excluding hydrogens is 398 g/mol. The summed E-state index contributed by atoms with van der Waals surface area (Å²) in [6.45, 7) is 3.76. The second-order valence-electron chi connectivity index (χ2n) is 6.07. The number of hydrogen-bond acceptors (Lipinski definition) is 7. The number of methoxy groups -OCH3 is 1. The van der Waals surface area contributed by atoms with Crippen molar-refractivity contribution in [1.29, 1.82) is 0 Å². The van der Waals surface area contributed by atoms with Crippen molar-refractivity contribution in [2.75, 3.05) is 12.9 Å². The Kier molecular flexibility index (Phi) is 7.84. The van der Waals surface area contributed by atoms with Crippen LogP contribution in [0.2, 0.25) is 0 Å². The molecular formula is C19H21N3O6S. The number of nitro groups is 1. The molecule has 0 heterocycles. The van der Waals surface area contributed by atoms with Crippen LogP contribution >= 0.6 is 11.8 Å². The van der Waals surface area contributed by atoms with Crippen LogP contribution < -0.4 is 20.3 Å². The van der Waals surface area contributed by atoms with Gasteiger partial charge in [-0.25, -0.2) is 0 Å². The Morgan fingerprint density at radius 3 is 2.38 bits per heavy atom. The lowest BCUT2D eigenvalue weighted by Crippen LogP contribution is -2.42. The fourth-order valence-electron chi connectivity index (χ4n) is 2.21. The Bertz CT molecular complexity index is 886. The van der Waals surface area contributed by atoms with Crippen LogP contribution in [0.25, 0.3) is 0 Å². The maximum absolute atomic E-state index is 12.2. The van der Waals surface area contributed by atoms with Crippen LogP contribution in [-0.2, 0) is 4.79 Å². The number of benzene rings is 2. The van der Waals surface area contributed by atoms with E-state index in [1.807, 2.05) is 13.8 Å². The van der Waals surface area contributed by atoms with Crippen LogP contribution in [0.4, 0.5) is 5.69 Å². The summed E-state index contributed by atoms with van der Waals surface area (Å²) in [5.41, 5.74) is 4.93. The number of hydrazine groups is 1. The summed E-state index contributed by atoms with van der Waals surface area (Å²) in [6.07, 6.45) is -0.0453. The zero-order chi connectivity index (χ0) is 21.4. The second kappa shape index (κ2) is 10.3. The largest absolute Gasteiger partial charge is 0.493 e. The molecule has 0 aliphatic carbocycles. The molecule has 9 nitrogen and oxygen atoms in total. The predicted octanol–water partition coefficient (Wildman–Crippen LogP) is 2.94. The average Bonchev–Trinajstić information content (AvgIpc) is 2.70. The van der Waals surface area contributed by atoms with Crippen LogP contribution in [0.15, 0.2) is 47.4 Å². The smallest absolute Gasteiger partial charge is 0.269 e. The van der Waals surface area contributed by atoms with Gasteiger partial charge in [-0.15, -0.1) is 11.8 Å². The zero-order valence-corrected chi connectivity index (χ0v) is 16.9. The van der Waals surface area contributed by atoms with Crippen LogP contribution in [-0.4, -0.2) is 35.7 Å². The normalized spacial score (nSPS) is 10.3. The SMILES string of the molecule is COc1cc(C(=O)NNC(=O)CSc2ccc([N+](=O)[O-])cc2)ccc1OC(C)C. The third kappa shape index (κ3) is 6.68. The maximum Gasteiger partial charge on any atom is 0.269 e. The van der Waals surface area contributed by atoms with Gasteiger partial charge in [-0.1, -0.05) is 0 Å². The van der Waals surface area contributed by atoms with E-state index in [9.17, 15) is 19.7 Å². The molecule has 2 rings (SSSR count). The monoisotopic (exact) mass is 419 g/mol. The molecule has 0 aromatic heterocycles. The highest BCUT2D eigenvalue weighted by Gasteiger charge is 2.13. The number of nitrogens with zero attached hydrogens (tertiary/aromatic N) is 1. The molecule has 0 atom stereocenters. The minimum Gasteiger partial charge on any atom is -0.493 e. The van der Waals surface area contributed by atoms with E-state index in [4.69, 9.17) is 9.47 Å². The number of amides is 2. The Labute approximate surface area is 171 Å². The van der Waals surface area contributed by atoms with Gasteiger partial charge in [-0.05, 0) is 44.2 Å². The summed E-state index contributed by atoms with van der Waals surface area (Å²) in [5.74, 6) is 0.0262. The Morgan fingerprint density at radius 2 is 1.79 bits per heavy atom. The molecule has 154 valence electrons. The van der Waals surface area contributed by atoms with Crippen molar-refractivity contribution in [3.63, 3.8) is 0 Å². The fourth-order valence-corrected chi connectivity index (χ4v) is 2.91. The first kappa shape index (κ1) is 22.0. The summed E-state index contributed by atoms with van der Waals surface area (Å²) >= 11 is 1.19. The van der Waals surface area contributed by atoms with Gasteiger partial charge in [0.2, 0.25) is 5.91 Å². The van der Waals surface area contributed by atoms with Gasteiger partial charge < -0.3 is 9.47 Å². The van der Waals surface area contributed by atoms with Crippen molar-refractivity contribution >= 4 is 29.3 Å². The standard InChI is InChI=1S/C19H21N3O6S/c1-12(2)28-16-9-4-13(10-17(16)27-3)19(24)21-20-18(23)11-29-15-7-5-14(6-8-15)22(25)26/h4-10,12H,11H2,1-3H3,(H,20,23)(H,21,24). The minimum atomic E-state index is -0.506. The van der Waals surface area contributed by atoms with Gasteiger partial charge in [-0.2, -0.15) is 0 Å². The molecule has 0 aliphatic rings. The van der Waals surface area contributed by atoms with E-state index in [1.54, 1.807) is 24.3 Å². The number of carbonyl (C=O) groups is 2. The van der Waals surface area contributed by atoms with E-state index < -0.39 is 16.7 Å². The number of carbonyl (C=O) groups excluding carboxylic acids is 2. The van der Waals surface area contributed by atoms with Gasteiger partial charge in [0.25, 0.3) is 11.6 Å². The number of nitrogens with one attached hydrogen (secondary N) is 2. The van der Waals surface area contributed by atoms with Crippen LogP contribution in [0.5, 0.6) is 11.5 Å². The first-order chi connectivity index (χ1) is 13.8. The molecule has 2 aromatic carbocycles. The summed E-state index contributed by atoms with van der Waals surface area (Å²) < 4.78 is 10.8. The number of hydrogen-bond donors (Lipinski definition) is 2. The van der Waals surface area contributed by atoms with Crippen molar-refractivity contribution < 1.29 is 24.0 Å². The lowest BCUT2D eigenvalue weighted by atomic mass is 10.2. The highest BCUT2D eigenvalue weighted by molar-refractivity contribution is 8.00. The van der Waals surface area contributed by atoms with Gasteiger partial charge in [0.1, 0.15) is 0 Å². The number of nitro benzene ring substituents is 1. The minimum absolute atomic E-state index is 0.0219. The quantitative estimate of drug-likeness (QED) is 0.383. The first-order valence-electron chi connectivity index (χ1n) is 8.61. The molecule has 0 spiro atoms. The highest BCUT2D eigenvalue weighted by Crippen LogP contribution is 2.29. The Hall–Kier alpha value is -3.27. The van der Waals surface area contributed by atoms with E-state index in [0.29, 0.717) is 22.0 Å². The lowest BCUT2D eigenvalue weighted by molar-refractivity contribution is -0.384. The van der Waals surface area contributed by atoms with Gasteiger partial charge >= 0.3 is 0 Å². The molecule has 29 heavy (non-hydrogen) atoms. The summed E-state index contributed by atoms with van der Waals surface area (Å²) in [6, 6.07) is 10.5. The highest BCUT2D eigenvalue weighted by atomic mass is 32.2. The molecule has 0 unspecified atom stereocenters. The molecule has 0 saturated heterocycles. The molecule has 0 saturated carbocycles. The molecule has 0 bridgehead atoms. The molecule has 2 amide bonds. The van der Waals surface area contributed by atoms with E-state index in [1.165, 1.54) is 37.1 Å². The number of thioether (sulfide) groups is 1. The molecule has 10 heteroatoms. The maximum atomic E-state index is 12.2. The zero-order valence-electron chi connectivity index (χ0n) is 16.1. The third-order valence-electron chi connectivity index (χ3n) is 3.52. The summed E-state index contributed by atoms with van der Waals surface area (Å²) in [7, 11) is 1.47. The van der Waals surface area contributed by atoms with E-state index in [2.05, 4.69) is 10.9 Å². The van der Waals surface area contributed by atoms with Crippen molar-refractivity contribution in [3.05, 3.63) is 58.1 Å². The number of non-ortho nitro benzene ring substituents is 1. The van der Waals surface area contributed by atoms with Crippen molar-refractivity contribution in [2.45, 2.75) is 24.8 Å². The molecule has 2 aromatic rings. The summed E-state index contributed by atoms with van der Waals surface area (Å²) in [4.78, 5) is 35.0. The Morgan fingerprint density at radius 1 is 1.10 bits per heavy atom. The molecule has 0 fully saturated rings. The topological polar surface area (TPSA) is 120 Å². The van der Waals surface area contributed by atoms with E-state index in [0.717, 1.165) is 0 Å². The van der Waals surface area contributed by atoms with E-state index in [-0.39, 0.29) is 17.5 Å². The fraction of sp³-hybridized carbons (Fsp3) is 0.263. The van der Waals surface area contributed by atoms with Gasteiger partial charge in [-0.3, -0.25) is 30.6 Å². The molecule has 0 radical (unpaired) electrons. The first-order valence-corrected chi connectivity index (χ1v) is 9.60. The van der Waals surface area contributed by atoms with Gasteiger partial charge in [0.15, 0.2) is 11.5 Å². The third-order valence-corrected chi connectivity index (χ3v) is 4.53. The molecule has 2 N–H and O–H groups in total. The second-order valence-corrected chi connectivity index (χ2v) is 7.12. The number of ether oxygens (including phenoxy) is 2. The summed E-state index contributed by atoms with van der Waals surface area (Å²) in [5, 5.41) is 10.6. The van der Waals surface area contributed by atoms with Gasteiger partial charge in [0.05, 0.1) is 23.9 Å². The van der Waals surface area contributed by atoms with Crippen molar-refractivity contribution in [3.8, 4) is 11.5 Å². The van der Waals surface area contributed by atoms with Crippen molar-refractivity contribution in [2.24, 2.45) is 0 Å². The van der Waals surface area contributed by atoms with Crippen LogP contribution in [0.3, 0.4) is 0 Å². The predicted molar refractivity (Wildman–Crippen MR) is 108 cm³/mol. The van der Waals surface area contributed by atoms with Gasteiger partial charge in [0, 0.05) is 22.6 Å². The lowest BCUT2D eigenvalue weighted by Gasteiger charge is -2.14. The van der Waals surface area contributed by atoms with Crippen molar-refractivity contribution in [1.82, 2.24) is 10.9 Å². The average molecular weight is 419 g/mol. The van der Waals surface area contributed by atoms with Crippen LogP contribution in [0.1, 0.15) is 24.2 Å².